The normalized spacial score (nSPS) is 14.5. The van der Waals surface area contributed by atoms with Gasteiger partial charge in [0.05, 0.1) is 16.0 Å². The number of nitriles is 1. The first kappa shape index (κ1) is 29.3. The molecule has 0 amide bonds. The number of nitrogens with one attached hydrogen (secondary N) is 2. The molecular formula is C23H22ClF6N3O2S. The summed E-state index contributed by atoms with van der Waals surface area (Å²) < 4.78 is 106. The van der Waals surface area contributed by atoms with Gasteiger partial charge in [-0.25, -0.2) is 8.42 Å². The van der Waals surface area contributed by atoms with Crippen LogP contribution in [0.25, 0.3) is 0 Å². The maximum absolute atomic E-state index is 13.3. The second-order valence-corrected chi connectivity index (χ2v) is 11.2. The molecule has 2 aromatic rings. The molecule has 0 aliphatic rings. The van der Waals surface area contributed by atoms with Gasteiger partial charge in [-0.2, -0.15) is 31.6 Å². The minimum atomic E-state index is -5.12. The van der Waals surface area contributed by atoms with Crippen molar-refractivity contribution in [2.24, 2.45) is 5.41 Å². The van der Waals surface area contributed by atoms with Crippen molar-refractivity contribution in [1.82, 2.24) is 5.32 Å². The monoisotopic (exact) mass is 553 g/mol. The maximum Gasteiger partial charge on any atom is 0.416 e. The molecule has 36 heavy (non-hydrogen) atoms. The summed E-state index contributed by atoms with van der Waals surface area (Å²) in [6.07, 6.45) is -10.2. The number of hydrogen-bond donors (Lipinski definition) is 2. The van der Waals surface area contributed by atoms with Crippen molar-refractivity contribution in [3.05, 3.63) is 69.3 Å². The van der Waals surface area contributed by atoms with E-state index < -0.39 is 61.2 Å². The van der Waals surface area contributed by atoms with Gasteiger partial charge < -0.3 is 10.6 Å². The number of hydrogen-bond acceptors (Lipinski definition) is 5. The first-order valence-electron chi connectivity index (χ1n) is 10.2. The average molecular weight is 554 g/mol. The minimum absolute atomic E-state index is 0.0601. The first-order valence-corrected chi connectivity index (χ1v) is 12.1. The molecule has 0 aliphatic heterocycles. The highest BCUT2D eigenvalue weighted by atomic mass is 35.5. The predicted molar refractivity (Wildman–Crippen MR) is 123 cm³/mol. The molecule has 2 rings (SSSR count). The minimum Gasteiger partial charge on any atom is -0.367 e. The maximum atomic E-state index is 13.3. The zero-order chi connectivity index (χ0) is 27.7. The number of anilines is 1. The molecule has 2 aromatic carbocycles. The second-order valence-electron chi connectivity index (χ2n) is 8.92. The standard InChI is InChI=1S/C23H22ClF6N3O2S/c1-13(21(2,3)4)32-20(19(12-31)36(34,35)18-7-5-16(24)6-8-18)33-17-10-14(22(25,26)27)9-15(11-17)23(28,29)30/h5-11,13,32-33H,1-4H3/b20-19+/t13-/m1/s1. The van der Waals surface area contributed by atoms with Gasteiger partial charge in [-0.05, 0) is 54.8 Å². The van der Waals surface area contributed by atoms with Crippen molar-refractivity contribution in [2.75, 3.05) is 5.32 Å². The lowest BCUT2D eigenvalue weighted by Crippen LogP contribution is -2.40. The Balaban J connectivity index is 2.78. The Morgan fingerprint density at radius 3 is 1.81 bits per heavy atom. The smallest absolute Gasteiger partial charge is 0.367 e. The van der Waals surface area contributed by atoms with E-state index in [0.717, 1.165) is 12.1 Å². The lowest BCUT2D eigenvalue weighted by Gasteiger charge is -2.31. The van der Waals surface area contributed by atoms with Gasteiger partial charge in [0.15, 0.2) is 4.91 Å². The van der Waals surface area contributed by atoms with Crippen molar-refractivity contribution in [3.8, 4) is 6.07 Å². The van der Waals surface area contributed by atoms with Crippen LogP contribution < -0.4 is 10.6 Å². The summed E-state index contributed by atoms with van der Waals surface area (Å²) in [5.41, 5.74) is -4.49. The zero-order valence-corrected chi connectivity index (χ0v) is 21.0. The molecule has 0 saturated carbocycles. The van der Waals surface area contributed by atoms with Crippen LogP contribution in [0.15, 0.2) is 58.1 Å². The van der Waals surface area contributed by atoms with Crippen LogP contribution in [0.2, 0.25) is 5.02 Å². The Morgan fingerprint density at radius 2 is 1.42 bits per heavy atom. The van der Waals surface area contributed by atoms with Crippen molar-refractivity contribution < 1.29 is 34.8 Å². The molecule has 1 atom stereocenters. The predicted octanol–water partition coefficient (Wildman–Crippen LogP) is 6.98. The second kappa shape index (κ2) is 10.2. The molecule has 0 bridgehead atoms. The first-order chi connectivity index (χ1) is 16.3. The van der Waals surface area contributed by atoms with Crippen molar-refractivity contribution in [2.45, 2.75) is 51.0 Å². The summed E-state index contributed by atoms with van der Waals surface area (Å²) >= 11 is 5.79. The van der Waals surface area contributed by atoms with Gasteiger partial charge in [0.2, 0.25) is 9.84 Å². The van der Waals surface area contributed by atoms with Gasteiger partial charge in [0, 0.05) is 16.8 Å². The Bertz CT molecular complexity index is 1260. The summed E-state index contributed by atoms with van der Waals surface area (Å²) in [4.78, 5) is -1.29. The molecule has 0 heterocycles. The highest BCUT2D eigenvalue weighted by molar-refractivity contribution is 7.95. The number of nitrogens with zero attached hydrogens (tertiary/aromatic N) is 1. The SMILES string of the molecule is C[C@@H](N/C(Nc1cc(C(F)(F)F)cc(C(F)(F)F)c1)=C(/C#N)S(=O)(=O)c1ccc(Cl)cc1)C(C)(C)C. The summed E-state index contributed by atoms with van der Waals surface area (Å²) in [6.45, 7) is 6.88. The van der Waals surface area contributed by atoms with Gasteiger partial charge in [-0.15, -0.1) is 0 Å². The fourth-order valence-corrected chi connectivity index (χ4v) is 4.10. The Labute approximate surface area is 209 Å². The number of allylic oxidation sites excluding steroid dienone is 1. The van der Waals surface area contributed by atoms with E-state index in [-0.39, 0.29) is 16.0 Å². The van der Waals surface area contributed by atoms with Gasteiger partial charge in [-0.3, -0.25) is 0 Å². The molecule has 0 spiro atoms. The fourth-order valence-electron chi connectivity index (χ4n) is 2.74. The van der Waals surface area contributed by atoms with Gasteiger partial charge in [-0.1, -0.05) is 32.4 Å². The number of benzene rings is 2. The molecule has 196 valence electrons. The zero-order valence-electron chi connectivity index (χ0n) is 19.4. The molecule has 2 N–H and O–H groups in total. The summed E-state index contributed by atoms with van der Waals surface area (Å²) in [7, 11) is -4.56. The Hall–Kier alpha value is -2.91. The highest BCUT2D eigenvalue weighted by Gasteiger charge is 2.37. The fraction of sp³-hybridized carbons (Fsp3) is 0.348. The van der Waals surface area contributed by atoms with E-state index in [1.807, 2.05) is 0 Å². The van der Waals surface area contributed by atoms with E-state index >= 15 is 0 Å². The van der Waals surface area contributed by atoms with Crippen LogP contribution in [0.3, 0.4) is 0 Å². The number of alkyl halides is 6. The molecular weight excluding hydrogens is 532 g/mol. The quantitative estimate of drug-likeness (QED) is 0.298. The number of sulfone groups is 1. The summed E-state index contributed by atoms with van der Waals surface area (Å²) in [5.74, 6) is -0.581. The Morgan fingerprint density at radius 1 is 0.944 bits per heavy atom. The van der Waals surface area contributed by atoms with Crippen LogP contribution in [0.5, 0.6) is 0 Å². The number of rotatable bonds is 6. The third-order valence-corrected chi connectivity index (χ3v) is 7.22. The topological polar surface area (TPSA) is 82.0 Å². The molecule has 0 unspecified atom stereocenters. The molecule has 5 nitrogen and oxygen atoms in total. The Kier molecular flexibility index (Phi) is 8.32. The van der Waals surface area contributed by atoms with Crippen LogP contribution >= 0.6 is 11.6 Å². The van der Waals surface area contributed by atoms with Crippen LogP contribution in [-0.4, -0.2) is 14.5 Å². The van der Waals surface area contributed by atoms with Crippen molar-refractivity contribution >= 4 is 27.1 Å². The molecule has 0 aromatic heterocycles. The van der Waals surface area contributed by atoms with E-state index in [1.54, 1.807) is 27.7 Å². The van der Waals surface area contributed by atoms with Crippen LogP contribution in [-0.2, 0) is 22.2 Å². The third kappa shape index (κ3) is 7.07. The van der Waals surface area contributed by atoms with Crippen LogP contribution in [0, 0.1) is 16.7 Å². The lowest BCUT2D eigenvalue weighted by atomic mass is 9.88. The molecule has 0 radical (unpaired) electrons. The van der Waals surface area contributed by atoms with Gasteiger partial charge in [0.25, 0.3) is 0 Å². The van der Waals surface area contributed by atoms with Gasteiger partial charge in [0.1, 0.15) is 11.9 Å². The highest BCUT2D eigenvalue weighted by Crippen LogP contribution is 2.38. The molecule has 0 fully saturated rings. The third-order valence-electron chi connectivity index (χ3n) is 5.24. The van der Waals surface area contributed by atoms with Crippen molar-refractivity contribution in [1.29, 1.82) is 5.26 Å². The van der Waals surface area contributed by atoms with E-state index in [1.165, 1.54) is 18.2 Å². The largest absolute Gasteiger partial charge is 0.416 e. The number of halogens is 7. The average Bonchev–Trinajstić information content (AvgIpc) is 2.72. The summed E-state index contributed by atoms with van der Waals surface area (Å²) in [5, 5.41) is 15.0. The molecule has 0 aliphatic carbocycles. The van der Waals surface area contributed by atoms with Gasteiger partial charge >= 0.3 is 12.4 Å². The van der Waals surface area contributed by atoms with E-state index in [4.69, 9.17) is 11.6 Å². The van der Waals surface area contributed by atoms with E-state index in [2.05, 4.69) is 10.6 Å². The summed E-state index contributed by atoms with van der Waals surface area (Å²) in [6, 6.07) is 6.39. The van der Waals surface area contributed by atoms with E-state index in [0.29, 0.717) is 12.1 Å². The molecule has 0 saturated heterocycles. The molecule has 13 heteroatoms. The van der Waals surface area contributed by atoms with E-state index in [9.17, 15) is 40.0 Å². The lowest BCUT2D eigenvalue weighted by molar-refractivity contribution is -0.143. The van der Waals surface area contributed by atoms with Crippen LogP contribution in [0.1, 0.15) is 38.8 Å². The van der Waals surface area contributed by atoms with Crippen molar-refractivity contribution in [3.63, 3.8) is 0 Å². The van der Waals surface area contributed by atoms with Crippen LogP contribution in [0.4, 0.5) is 32.0 Å².